The van der Waals surface area contributed by atoms with Crippen LogP contribution in [0, 0.1) is 0 Å². The molecule has 1 aliphatic rings. The highest BCUT2D eigenvalue weighted by atomic mass is 35.5. The van der Waals surface area contributed by atoms with Gasteiger partial charge in [0.2, 0.25) is 5.91 Å². The van der Waals surface area contributed by atoms with E-state index in [4.69, 9.17) is 16.3 Å². The molecule has 1 amide bonds. The molecule has 26 heavy (non-hydrogen) atoms. The van der Waals surface area contributed by atoms with Crippen LogP contribution in [0.25, 0.3) is 10.9 Å². The van der Waals surface area contributed by atoms with Gasteiger partial charge in [-0.1, -0.05) is 35.9 Å². The highest BCUT2D eigenvalue weighted by Crippen LogP contribution is 2.34. The number of nitrogens with zero attached hydrogens (tertiary/aromatic N) is 2. The summed E-state index contributed by atoms with van der Waals surface area (Å²) in [6, 6.07) is 11.9. The molecule has 4 rings (SSSR count). The number of carbonyl (C=O) groups is 1. The molecule has 0 saturated carbocycles. The molecular formula is C20H20ClN3O2. The van der Waals surface area contributed by atoms with E-state index in [0.29, 0.717) is 37.9 Å². The molecule has 1 aromatic carbocycles. The van der Waals surface area contributed by atoms with E-state index in [1.54, 1.807) is 12.3 Å². The van der Waals surface area contributed by atoms with E-state index >= 15 is 0 Å². The Bertz CT molecular complexity index is 901. The number of nitrogens with one attached hydrogen (secondary N) is 1. The van der Waals surface area contributed by atoms with Crippen molar-refractivity contribution in [3.63, 3.8) is 0 Å². The predicted molar refractivity (Wildman–Crippen MR) is 101 cm³/mol. The highest BCUT2D eigenvalue weighted by Gasteiger charge is 2.25. The van der Waals surface area contributed by atoms with E-state index in [0.717, 1.165) is 22.0 Å². The average molecular weight is 370 g/mol. The van der Waals surface area contributed by atoms with Crippen molar-refractivity contribution >= 4 is 28.4 Å². The quantitative estimate of drug-likeness (QED) is 0.715. The summed E-state index contributed by atoms with van der Waals surface area (Å²) in [5.74, 6) is 0.0600. The Morgan fingerprint density at radius 2 is 2.04 bits per heavy atom. The SMILES string of the molecule is O=C(C[C@@H](c1ccc(Cl)nc1)c1c[nH]c2ccccc12)N1CCOCC1. The number of rotatable bonds is 4. The zero-order valence-corrected chi connectivity index (χ0v) is 15.1. The summed E-state index contributed by atoms with van der Waals surface area (Å²) in [6.45, 7) is 2.51. The molecule has 0 aliphatic carbocycles. The van der Waals surface area contributed by atoms with Crippen molar-refractivity contribution < 1.29 is 9.53 Å². The zero-order chi connectivity index (χ0) is 17.9. The van der Waals surface area contributed by atoms with E-state index in [-0.39, 0.29) is 11.8 Å². The monoisotopic (exact) mass is 369 g/mol. The van der Waals surface area contributed by atoms with Crippen LogP contribution in [0.4, 0.5) is 0 Å². The molecule has 1 aliphatic heterocycles. The van der Waals surface area contributed by atoms with Crippen molar-refractivity contribution in [1.29, 1.82) is 0 Å². The first-order chi connectivity index (χ1) is 12.7. The molecule has 2 aromatic heterocycles. The van der Waals surface area contributed by atoms with Gasteiger partial charge in [0.1, 0.15) is 5.15 Å². The Hall–Kier alpha value is -2.37. The van der Waals surface area contributed by atoms with Gasteiger partial charge in [-0.15, -0.1) is 0 Å². The molecule has 1 atom stereocenters. The molecule has 0 spiro atoms. The Balaban J connectivity index is 1.69. The molecular weight excluding hydrogens is 350 g/mol. The van der Waals surface area contributed by atoms with E-state index in [1.807, 2.05) is 35.4 Å². The van der Waals surface area contributed by atoms with Crippen molar-refractivity contribution in [3.05, 3.63) is 65.1 Å². The summed E-state index contributed by atoms with van der Waals surface area (Å²) < 4.78 is 5.36. The van der Waals surface area contributed by atoms with E-state index in [9.17, 15) is 4.79 Å². The minimum Gasteiger partial charge on any atom is -0.378 e. The van der Waals surface area contributed by atoms with Crippen LogP contribution >= 0.6 is 11.6 Å². The van der Waals surface area contributed by atoms with E-state index < -0.39 is 0 Å². The third kappa shape index (κ3) is 3.45. The number of carbonyl (C=O) groups excluding carboxylic acids is 1. The Morgan fingerprint density at radius 3 is 2.81 bits per heavy atom. The first-order valence-corrected chi connectivity index (χ1v) is 9.13. The van der Waals surface area contributed by atoms with E-state index in [1.165, 1.54) is 0 Å². The van der Waals surface area contributed by atoms with Gasteiger partial charge < -0.3 is 14.6 Å². The number of hydrogen-bond donors (Lipinski definition) is 1. The summed E-state index contributed by atoms with van der Waals surface area (Å²) in [6.07, 6.45) is 4.16. The normalized spacial score (nSPS) is 16.0. The van der Waals surface area contributed by atoms with Gasteiger partial charge in [0.15, 0.2) is 0 Å². The molecule has 3 heterocycles. The van der Waals surface area contributed by atoms with Gasteiger partial charge in [0.05, 0.1) is 13.2 Å². The average Bonchev–Trinajstić information content (AvgIpc) is 3.11. The Morgan fingerprint density at radius 1 is 1.23 bits per heavy atom. The lowest BCUT2D eigenvalue weighted by molar-refractivity contribution is -0.135. The van der Waals surface area contributed by atoms with Crippen LogP contribution < -0.4 is 0 Å². The first kappa shape index (κ1) is 17.1. The summed E-state index contributed by atoms with van der Waals surface area (Å²) >= 11 is 5.96. The number of amides is 1. The fraction of sp³-hybridized carbons (Fsp3) is 0.300. The lowest BCUT2D eigenvalue weighted by atomic mass is 9.88. The van der Waals surface area contributed by atoms with Crippen molar-refractivity contribution in [2.24, 2.45) is 0 Å². The number of aromatic amines is 1. The molecule has 1 N–H and O–H groups in total. The van der Waals surface area contributed by atoms with Crippen LogP contribution in [0.5, 0.6) is 0 Å². The lowest BCUT2D eigenvalue weighted by Crippen LogP contribution is -2.41. The van der Waals surface area contributed by atoms with E-state index in [2.05, 4.69) is 16.0 Å². The van der Waals surface area contributed by atoms with Crippen molar-refractivity contribution in [3.8, 4) is 0 Å². The maximum Gasteiger partial charge on any atom is 0.223 e. The molecule has 5 nitrogen and oxygen atoms in total. The summed E-state index contributed by atoms with van der Waals surface area (Å²) in [4.78, 5) is 22.3. The van der Waals surface area contributed by atoms with Crippen LogP contribution in [0.1, 0.15) is 23.5 Å². The number of halogens is 1. The standard InChI is InChI=1S/C20H20ClN3O2/c21-19-6-5-14(12-23-19)16(11-20(25)24-7-9-26-10-8-24)17-13-22-18-4-2-1-3-15(17)18/h1-6,12-13,16,22H,7-11H2/t16-/m0/s1. The zero-order valence-electron chi connectivity index (χ0n) is 14.3. The number of H-pyrrole nitrogens is 1. The molecule has 0 bridgehead atoms. The van der Waals surface area contributed by atoms with Crippen molar-refractivity contribution in [1.82, 2.24) is 14.9 Å². The second-order valence-corrected chi connectivity index (χ2v) is 6.84. The number of ether oxygens (including phenoxy) is 1. The first-order valence-electron chi connectivity index (χ1n) is 8.75. The number of hydrogen-bond acceptors (Lipinski definition) is 3. The summed E-state index contributed by atoms with van der Waals surface area (Å²) in [5.41, 5.74) is 3.15. The maximum absolute atomic E-state index is 12.9. The summed E-state index contributed by atoms with van der Waals surface area (Å²) in [7, 11) is 0. The molecule has 1 saturated heterocycles. The number of morpholine rings is 1. The van der Waals surface area contributed by atoms with Gasteiger partial charge in [-0.3, -0.25) is 4.79 Å². The smallest absolute Gasteiger partial charge is 0.223 e. The molecule has 134 valence electrons. The second kappa shape index (κ2) is 7.48. The highest BCUT2D eigenvalue weighted by molar-refractivity contribution is 6.29. The van der Waals surface area contributed by atoms with Gasteiger partial charge in [0, 0.05) is 48.7 Å². The minimum absolute atomic E-state index is 0.0775. The van der Waals surface area contributed by atoms with Gasteiger partial charge in [-0.25, -0.2) is 4.98 Å². The number of fused-ring (bicyclic) bond motifs is 1. The predicted octanol–water partition coefficient (Wildman–Crippen LogP) is 3.60. The molecule has 6 heteroatoms. The number of pyridine rings is 1. The van der Waals surface area contributed by atoms with Crippen LogP contribution in [0.2, 0.25) is 5.15 Å². The molecule has 0 radical (unpaired) electrons. The van der Waals surface area contributed by atoms with Crippen LogP contribution in [-0.4, -0.2) is 47.1 Å². The topological polar surface area (TPSA) is 58.2 Å². The fourth-order valence-electron chi connectivity index (χ4n) is 3.50. The van der Waals surface area contributed by atoms with Crippen LogP contribution in [0.3, 0.4) is 0 Å². The third-order valence-corrected chi connectivity index (χ3v) is 5.12. The molecule has 0 unspecified atom stereocenters. The number of benzene rings is 1. The Kier molecular flexibility index (Phi) is 4.91. The third-order valence-electron chi connectivity index (χ3n) is 4.89. The van der Waals surface area contributed by atoms with Gasteiger partial charge >= 0.3 is 0 Å². The number of aromatic nitrogens is 2. The second-order valence-electron chi connectivity index (χ2n) is 6.45. The largest absolute Gasteiger partial charge is 0.378 e. The fourth-order valence-corrected chi connectivity index (χ4v) is 3.61. The summed E-state index contributed by atoms with van der Waals surface area (Å²) in [5, 5.41) is 1.58. The minimum atomic E-state index is -0.0775. The van der Waals surface area contributed by atoms with Crippen LogP contribution in [0.15, 0.2) is 48.8 Å². The maximum atomic E-state index is 12.9. The van der Waals surface area contributed by atoms with Gasteiger partial charge in [-0.05, 0) is 23.3 Å². The van der Waals surface area contributed by atoms with Crippen molar-refractivity contribution in [2.75, 3.05) is 26.3 Å². The van der Waals surface area contributed by atoms with Crippen LogP contribution in [-0.2, 0) is 9.53 Å². The molecule has 3 aromatic rings. The molecule has 1 fully saturated rings. The van der Waals surface area contributed by atoms with Gasteiger partial charge in [0.25, 0.3) is 0 Å². The van der Waals surface area contributed by atoms with Crippen molar-refractivity contribution in [2.45, 2.75) is 12.3 Å². The lowest BCUT2D eigenvalue weighted by Gasteiger charge is -2.28. The number of para-hydroxylation sites is 1. The van der Waals surface area contributed by atoms with Gasteiger partial charge in [-0.2, -0.15) is 0 Å². The Labute approximate surface area is 156 Å².